The molecule has 1 aliphatic heterocycles. The number of nitrogens with zero attached hydrogens (tertiary/aromatic N) is 4. The van der Waals surface area contributed by atoms with Crippen LogP contribution in [0.1, 0.15) is 41.6 Å². The van der Waals surface area contributed by atoms with Crippen molar-refractivity contribution in [3.63, 3.8) is 0 Å². The second kappa shape index (κ2) is 8.28. The third kappa shape index (κ3) is 3.74. The van der Waals surface area contributed by atoms with Gasteiger partial charge >= 0.3 is 0 Å². The van der Waals surface area contributed by atoms with Crippen LogP contribution in [0.2, 0.25) is 0 Å². The Morgan fingerprint density at radius 2 is 2.07 bits per heavy atom. The van der Waals surface area contributed by atoms with Crippen LogP contribution in [0.4, 0.5) is 5.82 Å². The van der Waals surface area contributed by atoms with Crippen LogP contribution in [0.15, 0.2) is 33.0 Å². The molecule has 0 unspecified atom stereocenters. The zero-order valence-corrected chi connectivity index (χ0v) is 18.9. The first-order chi connectivity index (χ1) is 14.6. The Morgan fingerprint density at radius 3 is 2.90 bits per heavy atom. The van der Waals surface area contributed by atoms with E-state index in [1.165, 1.54) is 19.2 Å². The molecule has 3 N–H and O–H groups in total. The first kappa shape index (κ1) is 20.0. The van der Waals surface area contributed by atoms with Crippen molar-refractivity contribution in [1.29, 1.82) is 0 Å². The molecule has 3 heterocycles. The number of anilines is 1. The molecule has 0 atom stereocenters. The van der Waals surface area contributed by atoms with Crippen LogP contribution >= 0.6 is 27.7 Å². The van der Waals surface area contributed by atoms with Gasteiger partial charge in [-0.15, -0.1) is 0 Å². The molecule has 5 rings (SSSR count). The van der Waals surface area contributed by atoms with E-state index in [2.05, 4.69) is 41.8 Å². The van der Waals surface area contributed by atoms with E-state index < -0.39 is 0 Å². The van der Waals surface area contributed by atoms with Gasteiger partial charge in [-0.25, -0.2) is 15.0 Å². The maximum Gasteiger partial charge on any atom is 0.175 e. The number of benzene rings is 1. The predicted octanol–water partition coefficient (Wildman–Crippen LogP) is 3.84. The lowest BCUT2D eigenvalue weighted by Crippen LogP contribution is -2.28. The molecule has 1 saturated heterocycles. The number of aromatic nitrogens is 4. The maximum absolute atomic E-state index is 12.1. The van der Waals surface area contributed by atoms with Crippen LogP contribution in [0.5, 0.6) is 0 Å². The van der Waals surface area contributed by atoms with E-state index in [0.717, 1.165) is 63.8 Å². The number of Topliss-reactive ketones (excluding diaryl/α,β-unsaturated/α-hetero) is 1. The zero-order chi connectivity index (χ0) is 20.7. The number of piperidine rings is 1. The van der Waals surface area contributed by atoms with Crippen LogP contribution in [0.3, 0.4) is 0 Å². The molecule has 1 fully saturated rings. The average Bonchev–Trinajstić information content (AvgIpc) is 3.29. The minimum absolute atomic E-state index is 0.222. The van der Waals surface area contributed by atoms with Crippen molar-refractivity contribution in [2.45, 2.75) is 48.7 Å². The molecule has 1 aromatic carbocycles. The number of fused-ring (bicyclic) bond motifs is 2. The number of imidazole rings is 1. The number of ketones is 1. The van der Waals surface area contributed by atoms with Gasteiger partial charge in [-0.1, -0.05) is 11.8 Å². The van der Waals surface area contributed by atoms with Gasteiger partial charge in [0.25, 0.3) is 0 Å². The van der Waals surface area contributed by atoms with E-state index in [9.17, 15) is 4.79 Å². The summed E-state index contributed by atoms with van der Waals surface area (Å²) in [6.45, 7) is 3.03. The van der Waals surface area contributed by atoms with Gasteiger partial charge in [0.1, 0.15) is 6.33 Å². The number of aryl methyl sites for hydroxylation is 2. The number of carbonyl (C=O) groups is 1. The van der Waals surface area contributed by atoms with E-state index in [-0.39, 0.29) is 5.78 Å². The Balaban J connectivity index is 1.49. The summed E-state index contributed by atoms with van der Waals surface area (Å²) in [7, 11) is 0. The van der Waals surface area contributed by atoms with Crippen molar-refractivity contribution in [3.8, 4) is 0 Å². The van der Waals surface area contributed by atoms with Crippen LogP contribution < -0.4 is 11.1 Å². The molecule has 156 valence electrons. The van der Waals surface area contributed by atoms with Crippen LogP contribution in [-0.2, 0) is 13.0 Å². The molecule has 0 bridgehead atoms. The third-order valence-corrected chi connectivity index (χ3v) is 8.00. The number of halogens is 1. The molecular weight excluding hydrogens is 464 g/mol. The van der Waals surface area contributed by atoms with E-state index in [1.807, 2.05) is 6.07 Å². The van der Waals surface area contributed by atoms with Crippen molar-refractivity contribution in [2.24, 2.45) is 5.92 Å². The van der Waals surface area contributed by atoms with E-state index in [1.54, 1.807) is 11.8 Å². The lowest BCUT2D eigenvalue weighted by atomic mass is 9.95. The van der Waals surface area contributed by atoms with Crippen LogP contribution in [0, 0.1) is 5.92 Å². The number of hydrogen-bond donors (Lipinski definition) is 2. The van der Waals surface area contributed by atoms with Crippen molar-refractivity contribution < 1.29 is 4.79 Å². The Labute approximate surface area is 187 Å². The summed E-state index contributed by atoms with van der Waals surface area (Å²) in [5.41, 5.74) is 9.48. The lowest BCUT2D eigenvalue weighted by Gasteiger charge is -2.23. The molecule has 0 amide bonds. The Kier molecular flexibility index (Phi) is 5.51. The largest absolute Gasteiger partial charge is 0.382 e. The van der Waals surface area contributed by atoms with Crippen molar-refractivity contribution in [2.75, 3.05) is 18.8 Å². The van der Waals surface area contributed by atoms with Crippen molar-refractivity contribution in [1.82, 2.24) is 24.8 Å². The van der Waals surface area contributed by atoms with Gasteiger partial charge in [0, 0.05) is 27.9 Å². The van der Waals surface area contributed by atoms with E-state index >= 15 is 0 Å². The van der Waals surface area contributed by atoms with Gasteiger partial charge in [-0.2, -0.15) is 0 Å². The van der Waals surface area contributed by atoms with Crippen LogP contribution in [0.25, 0.3) is 11.2 Å². The fourth-order valence-electron chi connectivity index (χ4n) is 4.32. The highest BCUT2D eigenvalue weighted by Crippen LogP contribution is 2.39. The van der Waals surface area contributed by atoms with E-state index in [0.29, 0.717) is 23.7 Å². The summed E-state index contributed by atoms with van der Waals surface area (Å²) in [5, 5.41) is 4.29. The minimum atomic E-state index is 0.222. The normalized spacial score (nSPS) is 17.0. The smallest absolute Gasteiger partial charge is 0.175 e. The summed E-state index contributed by atoms with van der Waals surface area (Å²) >= 11 is 5.24. The fraction of sp³-hybridized carbons (Fsp3) is 0.429. The SMILES string of the molecule is Nc1ncnc2c1nc(Sc1cc3c(cc1Br)C(=O)CC3)n2CCC1CCNCC1. The zero-order valence-electron chi connectivity index (χ0n) is 16.5. The summed E-state index contributed by atoms with van der Waals surface area (Å²) in [5.74, 6) is 1.33. The predicted molar refractivity (Wildman–Crippen MR) is 121 cm³/mol. The molecule has 7 nitrogen and oxygen atoms in total. The second-order valence-electron chi connectivity index (χ2n) is 7.92. The first-order valence-corrected chi connectivity index (χ1v) is 11.9. The Bertz CT molecular complexity index is 1120. The molecule has 1 aliphatic carbocycles. The quantitative estimate of drug-likeness (QED) is 0.564. The van der Waals surface area contributed by atoms with E-state index in [4.69, 9.17) is 10.7 Å². The maximum atomic E-state index is 12.1. The number of rotatable bonds is 5. The summed E-state index contributed by atoms with van der Waals surface area (Å²) in [4.78, 5) is 26.5. The second-order valence-corrected chi connectivity index (χ2v) is 9.79. The van der Waals surface area contributed by atoms with Gasteiger partial charge in [-0.3, -0.25) is 4.79 Å². The van der Waals surface area contributed by atoms with Crippen molar-refractivity contribution >= 4 is 50.5 Å². The standard InChI is InChI=1S/C21H23BrN6OS/c22-15-10-14-13(1-2-16(14)29)9-17(15)30-21-27-18-19(23)25-11-26-20(18)28(21)8-5-12-3-6-24-7-4-12/h9-12,24H,1-8H2,(H2,23,25,26). The fourth-order valence-corrected chi connectivity index (χ4v) is 5.88. The summed E-state index contributed by atoms with van der Waals surface area (Å²) in [6.07, 6.45) is 6.40. The van der Waals surface area contributed by atoms with Gasteiger partial charge in [0.05, 0.1) is 0 Å². The molecule has 2 aliphatic rings. The topological polar surface area (TPSA) is 98.7 Å². The highest BCUT2D eigenvalue weighted by atomic mass is 79.9. The summed E-state index contributed by atoms with van der Waals surface area (Å²) in [6, 6.07) is 4.06. The number of nitrogens with one attached hydrogen (secondary N) is 1. The highest BCUT2D eigenvalue weighted by molar-refractivity contribution is 9.10. The molecule has 0 radical (unpaired) electrons. The van der Waals surface area contributed by atoms with Gasteiger partial charge < -0.3 is 15.6 Å². The van der Waals surface area contributed by atoms with Crippen molar-refractivity contribution in [3.05, 3.63) is 34.1 Å². The first-order valence-electron chi connectivity index (χ1n) is 10.3. The Morgan fingerprint density at radius 1 is 1.23 bits per heavy atom. The highest BCUT2D eigenvalue weighted by Gasteiger charge is 2.23. The number of carbonyl (C=O) groups excluding carboxylic acids is 1. The van der Waals surface area contributed by atoms with Gasteiger partial charge in [0.15, 0.2) is 27.9 Å². The third-order valence-electron chi connectivity index (χ3n) is 6.03. The number of hydrogen-bond acceptors (Lipinski definition) is 7. The van der Waals surface area contributed by atoms with Gasteiger partial charge in [-0.05, 0) is 78.3 Å². The molecule has 0 saturated carbocycles. The molecule has 0 spiro atoms. The number of nitrogens with two attached hydrogens (primary N) is 1. The summed E-state index contributed by atoms with van der Waals surface area (Å²) < 4.78 is 3.09. The average molecular weight is 487 g/mol. The number of nitrogen functional groups attached to an aromatic ring is 1. The monoisotopic (exact) mass is 486 g/mol. The Hall–Kier alpha value is -1.97. The molecular formula is C21H23BrN6OS. The molecule has 9 heteroatoms. The molecule has 2 aromatic heterocycles. The lowest BCUT2D eigenvalue weighted by molar-refractivity contribution is 0.0994. The molecule has 3 aromatic rings. The van der Waals surface area contributed by atoms with Gasteiger partial charge in [0.2, 0.25) is 0 Å². The van der Waals surface area contributed by atoms with Crippen LogP contribution in [-0.4, -0.2) is 38.4 Å². The molecule has 30 heavy (non-hydrogen) atoms. The minimum Gasteiger partial charge on any atom is -0.382 e.